The molecular weight excluding hydrogens is 498 g/mol. The zero-order valence-electron chi connectivity index (χ0n) is 18.8. The third-order valence-corrected chi connectivity index (χ3v) is 6.42. The Bertz CT molecular complexity index is 1230. The Morgan fingerprint density at radius 2 is 1.62 bits per heavy atom. The molecule has 4 rings (SSSR count). The van der Waals surface area contributed by atoms with Gasteiger partial charge in [-0.25, -0.2) is 0 Å². The number of aliphatic hydroxyl groups excluding tert-OH is 1. The molecule has 1 unspecified atom stereocenters. The van der Waals surface area contributed by atoms with Gasteiger partial charge in [-0.2, -0.15) is 0 Å². The summed E-state index contributed by atoms with van der Waals surface area (Å²) in [5.41, 5.74) is 2.13. The van der Waals surface area contributed by atoms with Crippen molar-refractivity contribution >= 4 is 33.4 Å². The van der Waals surface area contributed by atoms with Gasteiger partial charge in [0.05, 0.1) is 25.8 Å². The molecule has 3 aromatic carbocycles. The molecular formula is C27H24BrNO5. The Morgan fingerprint density at radius 3 is 2.26 bits per heavy atom. The van der Waals surface area contributed by atoms with Crippen molar-refractivity contribution in [3.63, 3.8) is 0 Å². The van der Waals surface area contributed by atoms with Gasteiger partial charge in [-0.3, -0.25) is 9.59 Å². The lowest BCUT2D eigenvalue weighted by molar-refractivity contribution is -0.139. The van der Waals surface area contributed by atoms with Crippen LogP contribution >= 0.6 is 15.9 Å². The molecule has 1 heterocycles. The summed E-state index contributed by atoms with van der Waals surface area (Å²) in [6.45, 7) is 0.288. The standard InChI is InChI=1S/C27H24BrNO5/c1-33-20-13-7-17(8-14-20)15-16-29-24(21-5-3-4-6-22(21)34-2)23(26(31)27(29)32)25(30)18-9-11-19(28)12-10-18/h3-14,24,30H,15-16H2,1-2H3/b25-23-. The zero-order chi connectivity index (χ0) is 24.2. The number of carbonyl (C=O) groups excluding carboxylic acids is 2. The Kier molecular flexibility index (Phi) is 7.03. The second-order valence-corrected chi connectivity index (χ2v) is 8.76. The van der Waals surface area contributed by atoms with E-state index in [-0.39, 0.29) is 17.9 Å². The monoisotopic (exact) mass is 521 g/mol. The van der Waals surface area contributed by atoms with Crippen molar-refractivity contribution in [2.45, 2.75) is 12.5 Å². The molecule has 1 aliphatic heterocycles. The molecule has 1 amide bonds. The molecule has 7 heteroatoms. The van der Waals surface area contributed by atoms with E-state index in [1.165, 1.54) is 12.0 Å². The first-order valence-corrected chi connectivity index (χ1v) is 11.5. The van der Waals surface area contributed by atoms with Gasteiger partial charge in [-0.15, -0.1) is 0 Å². The summed E-state index contributed by atoms with van der Waals surface area (Å²) in [5, 5.41) is 11.2. The van der Waals surface area contributed by atoms with Gasteiger partial charge in [0.15, 0.2) is 0 Å². The first-order valence-electron chi connectivity index (χ1n) is 10.7. The fourth-order valence-corrected chi connectivity index (χ4v) is 4.40. The normalized spacial score (nSPS) is 17.1. The van der Waals surface area contributed by atoms with Crippen LogP contribution in [0, 0.1) is 0 Å². The third-order valence-electron chi connectivity index (χ3n) is 5.89. The van der Waals surface area contributed by atoms with Crippen LogP contribution in [0.2, 0.25) is 0 Å². The van der Waals surface area contributed by atoms with E-state index in [1.54, 1.807) is 37.4 Å². The SMILES string of the molecule is COc1ccc(CCN2C(=O)C(=O)/C(=C(\O)c3ccc(Br)cc3)C2c2ccccc2OC)cc1. The van der Waals surface area contributed by atoms with Crippen LogP contribution in [0.1, 0.15) is 22.7 Å². The molecule has 1 saturated heterocycles. The summed E-state index contributed by atoms with van der Waals surface area (Å²) in [6.07, 6.45) is 0.529. The van der Waals surface area contributed by atoms with Crippen molar-refractivity contribution in [2.24, 2.45) is 0 Å². The largest absolute Gasteiger partial charge is 0.507 e. The summed E-state index contributed by atoms with van der Waals surface area (Å²) < 4.78 is 11.6. The van der Waals surface area contributed by atoms with E-state index in [1.807, 2.05) is 42.5 Å². The molecule has 174 valence electrons. The highest BCUT2D eigenvalue weighted by Gasteiger charge is 2.46. The number of hydrogen-bond acceptors (Lipinski definition) is 5. The number of ketones is 1. The van der Waals surface area contributed by atoms with Crippen LogP contribution in [-0.4, -0.2) is 42.5 Å². The molecule has 3 aromatic rings. The number of para-hydroxylation sites is 1. The van der Waals surface area contributed by atoms with Crippen molar-refractivity contribution in [2.75, 3.05) is 20.8 Å². The maximum Gasteiger partial charge on any atom is 0.295 e. The van der Waals surface area contributed by atoms with Crippen molar-refractivity contribution in [3.8, 4) is 11.5 Å². The summed E-state index contributed by atoms with van der Waals surface area (Å²) in [5.74, 6) is -0.305. The second-order valence-electron chi connectivity index (χ2n) is 7.84. The number of rotatable bonds is 7. The Morgan fingerprint density at radius 1 is 0.941 bits per heavy atom. The number of Topliss-reactive ketones (excluding diaryl/α,β-unsaturated/α-hetero) is 1. The smallest absolute Gasteiger partial charge is 0.295 e. The average molecular weight is 522 g/mol. The zero-order valence-corrected chi connectivity index (χ0v) is 20.4. The number of hydrogen-bond donors (Lipinski definition) is 1. The molecule has 0 aliphatic carbocycles. The number of amides is 1. The summed E-state index contributed by atoms with van der Waals surface area (Å²) in [6, 6.07) is 20.9. The highest BCUT2D eigenvalue weighted by molar-refractivity contribution is 9.10. The molecule has 0 saturated carbocycles. The number of ether oxygens (including phenoxy) is 2. The van der Waals surface area contributed by atoms with Gasteiger partial charge >= 0.3 is 0 Å². The number of aliphatic hydroxyl groups is 1. The van der Waals surface area contributed by atoms with E-state index in [0.717, 1.165) is 15.8 Å². The lowest BCUT2D eigenvalue weighted by atomic mass is 9.94. The number of benzene rings is 3. The topological polar surface area (TPSA) is 76.1 Å². The van der Waals surface area contributed by atoms with Crippen LogP contribution in [0.15, 0.2) is 82.8 Å². The van der Waals surface area contributed by atoms with Gasteiger partial charge in [0.2, 0.25) is 0 Å². The molecule has 0 aromatic heterocycles. The van der Waals surface area contributed by atoms with E-state index in [4.69, 9.17) is 9.47 Å². The Labute approximate surface area is 206 Å². The maximum absolute atomic E-state index is 13.2. The van der Waals surface area contributed by atoms with Crippen molar-refractivity contribution < 1.29 is 24.2 Å². The van der Waals surface area contributed by atoms with E-state index >= 15 is 0 Å². The van der Waals surface area contributed by atoms with Crippen LogP contribution in [0.3, 0.4) is 0 Å². The highest BCUT2D eigenvalue weighted by atomic mass is 79.9. The molecule has 0 radical (unpaired) electrons. The van der Waals surface area contributed by atoms with E-state index in [0.29, 0.717) is 23.3 Å². The minimum Gasteiger partial charge on any atom is -0.507 e. The molecule has 1 atom stereocenters. The summed E-state index contributed by atoms with van der Waals surface area (Å²) >= 11 is 3.38. The van der Waals surface area contributed by atoms with Gasteiger partial charge in [0.25, 0.3) is 11.7 Å². The van der Waals surface area contributed by atoms with Gasteiger partial charge in [0.1, 0.15) is 17.3 Å². The average Bonchev–Trinajstić information content (AvgIpc) is 3.12. The van der Waals surface area contributed by atoms with E-state index in [9.17, 15) is 14.7 Å². The Hall–Kier alpha value is -3.58. The number of halogens is 1. The fraction of sp³-hybridized carbons (Fsp3) is 0.185. The predicted octanol–water partition coefficient (Wildman–Crippen LogP) is 5.13. The predicted molar refractivity (Wildman–Crippen MR) is 133 cm³/mol. The number of methoxy groups -OCH3 is 2. The van der Waals surface area contributed by atoms with Crippen LogP contribution in [0.25, 0.3) is 5.76 Å². The number of carbonyl (C=O) groups is 2. The first-order chi connectivity index (χ1) is 16.4. The quantitative estimate of drug-likeness (QED) is 0.265. The van der Waals surface area contributed by atoms with Crippen LogP contribution < -0.4 is 9.47 Å². The van der Waals surface area contributed by atoms with Gasteiger partial charge in [-0.05, 0) is 42.3 Å². The van der Waals surface area contributed by atoms with Gasteiger partial charge in [-0.1, -0.05) is 58.4 Å². The highest BCUT2D eigenvalue weighted by Crippen LogP contribution is 2.42. The molecule has 0 spiro atoms. The molecule has 0 bridgehead atoms. The van der Waals surface area contributed by atoms with E-state index in [2.05, 4.69) is 15.9 Å². The number of nitrogens with zero attached hydrogens (tertiary/aromatic N) is 1. The van der Waals surface area contributed by atoms with Gasteiger partial charge in [0, 0.05) is 22.1 Å². The minimum atomic E-state index is -0.780. The van der Waals surface area contributed by atoms with Crippen LogP contribution in [-0.2, 0) is 16.0 Å². The maximum atomic E-state index is 13.2. The molecule has 1 fully saturated rings. The minimum absolute atomic E-state index is 0.0477. The van der Waals surface area contributed by atoms with Crippen LogP contribution in [0.4, 0.5) is 0 Å². The van der Waals surface area contributed by atoms with Crippen molar-refractivity contribution in [1.29, 1.82) is 0 Å². The molecule has 1 aliphatic rings. The van der Waals surface area contributed by atoms with E-state index < -0.39 is 17.7 Å². The van der Waals surface area contributed by atoms with Crippen molar-refractivity contribution in [1.82, 2.24) is 4.90 Å². The van der Waals surface area contributed by atoms with Crippen LogP contribution in [0.5, 0.6) is 11.5 Å². The number of likely N-dealkylation sites (tertiary alicyclic amines) is 1. The second kappa shape index (κ2) is 10.1. The summed E-state index contributed by atoms with van der Waals surface area (Å²) in [7, 11) is 3.14. The lowest BCUT2D eigenvalue weighted by Crippen LogP contribution is -2.31. The third kappa shape index (κ3) is 4.56. The summed E-state index contributed by atoms with van der Waals surface area (Å²) in [4.78, 5) is 27.9. The van der Waals surface area contributed by atoms with Crippen molar-refractivity contribution in [3.05, 3.63) is 99.5 Å². The molecule has 34 heavy (non-hydrogen) atoms. The lowest BCUT2D eigenvalue weighted by Gasteiger charge is -2.26. The fourth-order valence-electron chi connectivity index (χ4n) is 4.13. The van der Waals surface area contributed by atoms with Gasteiger partial charge < -0.3 is 19.5 Å². The first kappa shape index (κ1) is 23.6. The molecule has 6 nitrogen and oxygen atoms in total. The Balaban J connectivity index is 1.77. The molecule has 1 N–H and O–H groups in total.